The minimum Gasteiger partial charge on any atom is -0.493 e. The first-order valence-electron chi connectivity index (χ1n) is 8.28. The number of carbonyl (C=O) groups is 1. The van der Waals surface area contributed by atoms with Crippen molar-refractivity contribution < 1.29 is 23.7 Å². The Morgan fingerprint density at radius 2 is 1.86 bits per heavy atom. The van der Waals surface area contributed by atoms with E-state index in [1.54, 1.807) is 43.5 Å². The summed E-state index contributed by atoms with van der Waals surface area (Å²) in [6.45, 7) is 3.78. The maximum atomic E-state index is 11.9. The van der Waals surface area contributed by atoms with Crippen LogP contribution in [0.25, 0.3) is 0 Å². The number of amides is 1. The summed E-state index contributed by atoms with van der Waals surface area (Å²) >= 11 is 3.43. The van der Waals surface area contributed by atoms with Crippen LogP contribution in [0.4, 0.5) is 0 Å². The van der Waals surface area contributed by atoms with E-state index in [1.165, 1.54) is 13.3 Å². The summed E-state index contributed by atoms with van der Waals surface area (Å²) in [5, 5.41) is 3.94. The Labute approximate surface area is 172 Å². The molecule has 0 bridgehead atoms. The smallest absolute Gasteiger partial charge is 0.277 e. The van der Waals surface area contributed by atoms with Gasteiger partial charge in [0.25, 0.3) is 5.91 Å². The second-order valence-corrected chi connectivity index (χ2v) is 6.22. The third-order valence-corrected chi connectivity index (χ3v) is 4.02. The number of nitrogens with zero attached hydrogens (tertiary/aromatic N) is 1. The number of rotatable bonds is 10. The molecule has 0 fully saturated rings. The third-order valence-electron chi connectivity index (χ3n) is 3.43. The first-order chi connectivity index (χ1) is 13.6. The van der Waals surface area contributed by atoms with Gasteiger partial charge in [0.1, 0.15) is 6.61 Å². The number of ether oxygens (including phenoxy) is 4. The summed E-state index contributed by atoms with van der Waals surface area (Å²) in [5.41, 5.74) is 3.12. The van der Waals surface area contributed by atoms with Crippen LogP contribution in [0.1, 0.15) is 5.56 Å². The zero-order valence-electron chi connectivity index (χ0n) is 15.6. The highest BCUT2D eigenvalue weighted by Crippen LogP contribution is 2.36. The minimum absolute atomic E-state index is 0.195. The molecule has 2 aromatic carbocycles. The van der Waals surface area contributed by atoms with Gasteiger partial charge in [-0.05, 0) is 45.8 Å². The van der Waals surface area contributed by atoms with Crippen LogP contribution in [0.3, 0.4) is 0 Å². The number of methoxy groups -OCH3 is 2. The van der Waals surface area contributed by atoms with Gasteiger partial charge in [0.05, 0.1) is 24.9 Å². The van der Waals surface area contributed by atoms with E-state index in [9.17, 15) is 4.79 Å². The lowest BCUT2D eigenvalue weighted by atomic mass is 10.2. The van der Waals surface area contributed by atoms with Gasteiger partial charge in [0.2, 0.25) is 0 Å². The van der Waals surface area contributed by atoms with Crippen molar-refractivity contribution in [3.8, 4) is 23.0 Å². The van der Waals surface area contributed by atoms with Crippen LogP contribution < -0.4 is 24.4 Å². The number of hydrogen-bond acceptors (Lipinski definition) is 6. The molecule has 2 aromatic rings. The number of carbonyl (C=O) groups excluding carboxylic acids is 1. The van der Waals surface area contributed by atoms with Gasteiger partial charge in [-0.3, -0.25) is 4.79 Å². The van der Waals surface area contributed by atoms with E-state index in [-0.39, 0.29) is 6.61 Å². The van der Waals surface area contributed by atoms with Crippen molar-refractivity contribution in [1.82, 2.24) is 5.43 Å². The van der Waals surface area contributed by atoms with E-state index in [1.807, 2.05) is 6.07 Å². The molecule has 0 saturated heterocycles. The topological polar surface area (TPSA) is 78.4 Å². The summed E-state index contributed by atoms with van der Waals surface area (Å²) < 4.78 is 22.2. The first kappa shape index (κ1) is 21.3. The molecule has 1 N–H and O–H groups in total. The van der Waals surface area contributed by atoms with Crippen LogP contribution in [0.2, 0.25) is 0 Å². The number of hydrogen-bond donors (Lipinski definition) is 1. The van der Waals surface area contributed by atoms with Crippen LogP contribution in [0, 0.1) is 0 Å². The van der Waals surface area contributed by atoms with Crippen molar-refractivity contribution in [3.63, 3.8) is 0 Å². The SMILES string of the molecule is C=CCOc1c(Br)cc(/C=N\NC(=O)COc2ccccc2OC)cc1OC. The number of halogens is 1. The molecule has 0 aliphatic heterocycles. The highest BCUT2D eigenvalue weighted by molar-refractivity contribution is 9.10. The normalized spacial score (nSPS) is 10.4. The van der Waals surface area contributed by atoms with Crippen molar-refractivity contribution >= 4 is 28.1 Å². The first-order valence-corrected chi connectivity index (χ1v) is 9.07. The number of nitrogens with one attached hydrogen (secondary N) is 1. The Kier molecular flexibility index (Phi) is 8.36. The third kappa shape index (κ3) is 6.02. The zero-order valence-corrected chi connectivity index (χ0v) is 17.2. The fourth-order valence-electron chi connectivity index (χ4n) is 2.19. The number of benzene rings is 2. The average molecular weight is 449 g/mol. The Morgan fingerprint density at radius 1 is 1.14 bits per heavy atom. The Balaban J connectivity index is 1.95. The van der Waals surface area contributed by atoms with E-state index in [0.717, 1.165) is 0 Å². The molecule has 0 atom stereocenters. The van der Waals surface area contributed by atoms with Crippen LogP contribution in [-0.2, 0) is 4.79 Å². The quantitative estimate of drug-likeness (QED) is 0.341. The second kappa shape index (κ2) is 11.0. The Morgan fingerprint density at radius 3 is 2.54 bits per heavy atom. The molecule has 148 valence electrons. The maximum Gasteiger partial charge on any atom is 0.277 e. The Bertz CT molecular complexity index is 854. The van der Waals surface area contributed by atoms with Gasteiger partial charge in [-0.2, -0.15) is 5.10 Å². The molecule has 28 heavy (non-hydrogen) atoms. The average Bonchev–Trinajstić information content (AvgIpc) is 2.71. The summed E-state index contributed by atoms with van der Waals surface area (Å²) in [7, 11) is 3.08. The van der Waals surface area contributed by atoms with Crippen molar-refractivity contribution in [2.75, 3.05) is 27.4 Å². The van der Waals surface area contributed by atoms with E-state index < -0.39 is 5.91 Å². The molecule has 7 nitrogen and oxygen atoms in total. The molecule has 0 radical (unpaired) electrons. The largest absolute Gasteiger partial charge is 0.493 e. The fourth-order valence-corrected chi connectivity index (χ4v) is 2.76. The highest BCUT2D eigenvalue weighted by Gasteiger charge is 2.11. The highest BCUT2D eigenvalue weighted by atomic mass is 79.9. The molecule has 0 heterocycles. The van der Waals surface area contributed by atoms with Gasteiger partial charge in [-0.25, -0.2) is 5.43 Å². The second-order valence-electron chi connectivity index (χ2n) is 5.37. The van der Waals surface area contributed by atoms with Gasteiger partial charge < -0.3 is 18.9 Å². The molecule has 0 saturated carbocycles. The van der Waals surface area contributed by atoms with E-state index in [2.05, 4.69) is 33.0 Å². The van der Waals surface area contributed by atoms with E-state index >= 15 is 0 Å². The van der Waals surface area contributed by atoms with Crippen LogP contribution in [-0.4, -0.2) is 39.6 Å². The zero-order chi connectivity index (χ0) is 20.4. The summed E-state index contributed by atoms with van der Waals surface area (Å²) in [6, 6.07) is 10.6. The van der Waals surface area contributed by atoms with Crippen molar-refractivity contribution in [2.24, 2.45) is 5.10 Å². The lowest BCUT2D eigenvalue weighted by Gasteiger charge is -2.12. The van der Waals surface area contributed by atoms with Crippen LogP contribution in [0.5, 0.6) is 23.0 Å². The minimum atomic E-state index is -0.404. The van der Waals surface area contributed by atoms with Crippen molar-refractivity contribution in [2.45, 2.75) is 0 Å². The lowest BCUT2D eigenvalue weighted by Crippen LogP contribution is -2.24. The van der Waals surface area contributed by atoms with E-state index in [0.29, 0.717) is 39.6 Å². The van der Waals surface area contributed by atoms with Crippen LogP contribution >= 0.6 is 15.9 Å². The molecule has 1 amide bonds. The van der Waals surface area contributed by atoms with Crippen molar-refractivity contribution in [3.05, 3.63) is 59.1 Å². The summed E-state index contributed by atoms with van der Waals surface area (Å²) in [4.78, 5) is 11.9. The monoisotopic (exact) mass is 448 g/mol. The molecular formula is C20H21BrN2O5. The molecule has 2 rings (SSSR count). The van der Waals surface area contributed by atoms with Gasteiger partial charge >= 0.3 is 0 Å². The maximum absolute atomic E-state index is 11.9. The Hall–Kier alpha value is -3.00. The molecule has 0 spiro atoms. The summed E-state index contributed by atoms with van der Waals surface area (Å²) in [5.74, 6) is 1.72. The van der Waals surface area contributed by atoms with Crippen LogP contribution in [0.15, 0.2) is 58.6 Å². The molecule has 0 aliphatic carbocycles. The molecule has 0 aromatic heterocycles. The standard InChI is InChI=1S/C20H21BrN2O5/c1-4-9-27-20-15(21)10-14(11-18(20)26-3)12-22-23-19(24)13-28-17-8-6-5-7-16(17)25-2/h4-8,10-12H,1,9,13H2,2-3H3,(H,23,24)/b22-12-. The van der Waals surface area contributed by atoms with Gasteiger partial charge in [0.15, 0.2) is 29.6 Å². The lowest BCUT2D eigenvalue weighted by molar-refractivity contribution is -0.123. The predicted octanol–water partition coefficient (Wildman–Crippen LogP) is 3.56. The molecular weight excluding hydrogens is 428 g/mol. The molecule has 0 unspecified atom stereocenters. The predicted molar refractivity (Wildman–Crippen MR) is 111 cm³/mol. The molecule has 8 heteroatoms. The van der Waals surface area contributed by atoms with Crippen molar-refractivity contribution in [1.29, 1.82) is 0 Å². The van der Waals surface area contributed by atoms with E-state index in [4.69, 9.17) is 18.9 Å². The molecule has 0 aliphatic rings. The van der Waals surface area contributed by atoms with Gasteiger partial charge in [-0.15, -0.1) is 0 Å². The number of hydrazone groups is 1. The fraction of sp³-hybridized carbons (Fsp3) is 0.200. The van der Waals surface area contributed by atoms with Gasteiger partial charge in [-0.1, -0.05) is 24.8 Å². The summed E-state index contributed by atoms with van der Waals surface area (Å²) in [6.07, 6.45) is 3.13. The van der Waals surface area contributed by atoms with Gasteiger partial charge in [0, 0.05) is 0 Å². The number of para-hydroxylation sites is 2.